The van der Waals surface area contributed by atoms with E-state index in [1.807, 2.05) is 30.3 Å². The van der Waals surface area contributed by atoms with E-state index in [9.17, 15) is 20.4 Å². The molecule has 8 heteroatoms. The summed E-state index contributed by atoms with van der Waals surface area (Å²) in [7, 11) is 3.25. The summed E-state index contributed by atoms with van der Waals surface area (Å²) in [6.45, 7) is 0. The van der Waals surface area contributed by atoms with E-state index in [1.165, 1.54) is 11.1 Å². The van der Waals surface area contributed by atoms with Gasteiger partial charge >= 0.3 is 0 Å². The predicted octanol–water partition coefficient (Wildman–Crippen LogP) is 3.72. The van der Waals surface area contributed by atoms with Gasteiger partial charge < -0.3 is 14.7 Å². The van der Waals surface area contributed by atoms with Crippen molar-refractivity contribution in [2.45, 2.75) is 17.1 Å². The first-order valence-corrected chi connectivity index (χ1v) is 11.4. The van der Waals surface area contributed by atoms with Crippen molar-refractivity contribution in [3.63, 3.8) is 0 Å². The van der Waals surface area contributed by atoms with Crippen LogP contribution in [0.1, 0.15) is 28.3 Å². The van der Waals surface area contributed by atoms with Crippen molar-refractivity contribution >= 4 is 17.5 Å². The topological polar surface area (TPSA) is 110 Å². The van der Waals surface area contributed by atoms with Crippen molar-refractivity contribution < 1.29 is 14.6 Å². The molecule has 1 N–H and O–H groups in total. The molecule has 2 heterocycles. The molecule has 5 unspecified atom stereocenters. The van der Waals surface area contributed by atoms with Crippen molar-refractivity contribution in [3.05, 3.63) is 94.3 Å². The highest BCUT2D eigenvalue weighted by Crippen LogP contribution is 2.70. The normalized spacial score (nSPS) is 28.2. The van der Waals surface area contributed by atoms with E-state index in [-0.39, 0.29) is 17.4 Å². The Morgan fingerprint density at radius 1 is 1.14 bits per heavy atom. The lowest BCUT2D eigenvalue weighted by Crippen LogP contribution is -2.50. The number of ether oxygens (including phenoxy) is 1. The number of rotatable bonds is 3. The first kappa shape index (κ1) is 22.9. The van der Waals surface area contributed by atoms with E-state index in [2.05, 4.69) is 17.1 Å². The number of hydrogen-bond acceptors (Lipinski definition) is 6. The number of nitriles is 2. The zero-order valence-corrected chi connectivity index (χ0v) is 19.8. The highest BCUT2D eigenvalue weighted by atomic mass is 35.5. The highest BCUT2D eigenvalue weighted by molar-refractivity contribution is 6.30. The lowest BCUT2D eigenvalue weighted by atomic mass is 9.71. The minimum Gasteiger partial charge on any atom is -0.476 e. The average molecular weight is 485 g/mol. The van der Waals surface area contributed by atoms with Crippen LogP contribution in [0.25, 0.3) is 0 Å². The predicted molar refractivity (Wildman–Crippen MR) is 127 cm³/mol. The monoisotopic (exact) mass is 484 g/mol. The average Bonchev–Trinajstić information content (AvgIpc) is 3.25. The first-order valence-electron chi connectivity index (χ1n) is 11.0. The summed E-state index contributed by atoms with van der Waals surface area (Å²) in [5, 5.41) is 32.7. The van der Waals surface area contributed by atoms with Crippen LogP contribution < -0.4 is 4.74 Å². The fraction of sp³-hybridized carbons (Fsp3) is 0.259. The maximum Gasteiger partial charge on any atom is 0.227 e. The Balaban J connectivity index is 1.90. The summed E-state index contributed by atoms with van der Waals surface area (Å²) in [5.41, 5.74) is -1.72. The van der Waals surface area contributed by atoms with Crippen molar-refractivity contribution in [2.24, 2.45) is 11.8 Å². The number of carbonyl (C=O) groups is 1. The molecule has 5 rings (SSSR count). The van der Waals surface area contributed by atoms with Gasteiger partial charge in [0.05, 0.1) is 34.6 Å². The van der Waals surface area contributed by atoms with Crippen LogP contribution in [0.3, 0.4) is 0 Å². The van der Waals surface area contributed by atoms with Gasteiger partial charge in [0.2, 0.25) is 5.91 Å². The number of pyridine rings is 1. The molecule has 174 valence electrons. The van der Waals surface area contributed by atoms with Crippen LogP contribution in [0, 0.1) is 34.5 Å². The number of amides is 1. The summed E-state index contributed by atoms with van der Waals surface area (Å²) >= 11 is 6.21. The molecule has 1 aliphatic carbocycles. The fourth-order valence-electron chi connectivity index (χ4n) is 5.71. The van der Waals surface area contributed by atoms with Gasteiger partial charge in [-0.05, 0) is 23.3 Å². The molecule has 0 bridgehead atoms. The van der Waals surface area contributed by atoms with Crippen molar-refractivity contribution in [3.8, 4) is 17.9 Å². The molecule has 1 fully saturated rings. The van der Waals surface area contributed by atoms with Gasteiger partial charge in [-0.2, -0.15) is 10.5 Å². The molecule has 2 aliphatic rings. The van der Waals surface area contributed by atoms with Crippen molar-refractivity contribution in [2.75, 3.05) is 14.1 Å². The van der Waals surface area contributed by atoms with E-state index in [4.69, 9.17) is 16.3 Å². The van der Waals surface area contributed by atoms with E-state index < -0.39 is 29.0 Å². The number of aromatic nitrogens is 1. The minimum absolute atomic E-state index is 0.160. The molecule has 1 amide bonds. The lowest BCUT2D eigenvalue weighted by Gasteiger charge is -2.40. The highest BCUT2D eigenvalue weighted by Gasteiger charge is 2.78. The zero-order chi connectivity index (χ0) is 25.0. The molecule has 2 aromatic carbocycles. The molecule has 1 saturated carbocycles. The molecular formula is C27H21ClN4O3. The van der Waals surface area contributed by atoms with Crippen molar-refractivity contribution in [1.29, 1.82) is 10.5 Å². The maximum absolute atomic E-state index is 13.6. The van der Waals surface area contributed by atoms with Crippen LogP contribution >= 0.6 is 11.6 Å². The van der Waals surface area contributed by atoms with Gasteiger partial charge in [-0.3, -0.25) is 9.78 Å². The van der Waals surface area contributed by atoms with Crippen molar-refractivity contribution in [1.82, 2.24) is 9.88 Å². The zero-order valence-electron chi connectivity index (χ0n) is 19.0. The van der Waals surface area contributed by atoms with Gasteiger partial charge in [-0.15, -0.1) is 0 Å². The van der Waals surface area contributed by atoms with E-state index in [1.54, 1.807) is 44.4 Å². The summed E-state index contributed by atoms with van der Waals surface area (Å²) in [5.74, 6) is -2.94. The number of hydrogen-bond donors (Lipinski definition) is 1. The Bertz CT molecular complexity index is 1400. The van der Waals surface area contributed by atoms with Gasteiger partial charge in [0.1, 0.15) is 11.4 Å². The minimum atomic E-state index is -1.98. The molecule has 7 nitrogen and oxygen atoms in total. The van der Waals surface area contributed by atoms with Gasteiger partial charge in [-0.1, -0.05) is 54.1 Å². The Kier molecular flexibility index (Phi) is 5.29. The SMILES string of the molecule is CN(C)C(=O)C1C(C#N)C2(O)c3ncc(Cl)cc3OC2(c2ccc(C#N)cc2)C1c1ccccc1. The van der Waals surface area contributed by atoms with E-state index in [0.29, 0.717) is 16.1 Å². The third kappa shape index (κ3) is 2.99. The van der Waals surface area contributed by atoms with E-state index >= 15 is 0 Å². The Labute approximate surface area is 207 Å². The molecule has 0 spiro atoms. The van der Waals surface area contributed by atoms with Crippen LogP contribution in [0.2, 0.25) is 5.02 Å². The molecule has 1 aliphatic heterocycles. The third-order valence-corrected chi connectivity index (χ3v) is 7.30. The number of benzene rings is 2. The fourth-order valence-corrected chi connectivity index (χ4v) is 5.85. The summed E-state index contributed by atoms with van der Waals surface area (Å²) in [6.07, 6.45) is 1.39. The first-order chi connectivity index (χ1) is 16.8. The number of carbonyl (C=O) groups excluding carboxylic acids is 1. The smallest absolute Gasteiger partial charge is 0.227 e. The number of fused-ring (bicyclic) bond motifs is 3. The summed E-state index contributed by atoms with van der Waals surface area (Å²) < 4.78 is 6.62. The lowest BCUT2D eigenvalue weighted by molar-refractivity contribution is -0.135. The second-order valence-electron chi connectivity index (χ2n) is 9.05. The molecule has 1 aromatic heterocycles. The van der Waals surface area contributed by atoms with Crippen LogP contribution in [-0.2, 0) is 16.0 Å². The number of aliphatic hydroxyl groups is 1. The molecule has 5 atom stereocenters. The standard InChI is InChI=1S/C27H21ClN4O3/c1-32(2)25(33)22-20(14-30)26(34)24-21(12-19(28)15-31-24)35-27(26,18-10-8-16(13-29)9-11-18)23(22)17-6-4-3-5-7-17/h3-12,15,20,22-23,34H,1-2H3. The number of halogens is 1. The maximum atomic E-state index is 13.6. The Morgan fingerprint density at radius 2 is 1.83 bits per heavy atom. The van der Waals surface area contributed by atoms with Gasteiger partial charge in [0.15, 0.2) is 11.2 Å². The van der Waals surface area contributed by atoms with Gasteiger partial charge in [0.25, 0.3) is 0 Å². The molecule has 35 heavy (non-hydrogen) atoms. The number of nitrogens with zero attached hydrogens (tertiary/aromatic N) is 4. The van der Waals surface area contributed by atoms with Crippen LogP contribution in [-0.4, -0.2) is 35.0 Å². The Hall–Kier alpha value is -3.91. The van der Waals surface area contributed by atoms with Gasteiger partial charge in [-0.25, -0.2) is 0 Å². The largest absolute Gasteiger partial charge is 0.476 e. The summed E-state index contributed by atoms with van der Waals surface area (Å²) in [4.78, 5) is 19.5. The molecule has 0 saturated heterocycles. The van der Waals surface area contributed by atoms with E-state index in [0.717, 1.165) is 5.56 Å². The third-order valence-electron chi connectivity index (χ3n) is 7.09. The quantitative estimate of drug-likeness (QED) is 0.606. The van der Waals surface area contributed by atoms with Crippen LogP contribution in [0.4, 0.5) is 0 Å². The van der Waals surface area contributed by atoms with Gasteiger partial charge in [0, 0.05) is 32.3 Å². The molecular weight excluding hydrogens is 464 g/mol. The molecule has 3 aromatic rings. The van der Waals surface area contributed by atoms with Crippen LogP contribution in [0.5, 0.6) is 5.75 Å². The second kappa shape index (κ2) is 8.09. The Morgan fingerprint density at radius 3 is 2.43 bits per heavy atom. The van der Waals surface area contributed by atoms with Crippen LogP contribution in [0.15, 0.2) is 66.9 Å². The second-order valence-corrected chi connectivity index (χ2v) is 9.48. The molecule has 0 radical (unpaired) electrons. The summed E-state index contributed by atoms with van der Waals surface area (Å²) in [6, 6.07) is 21.8.